The molecule has 108 valence electrons. The molecule has 0 fully saturated rings. The van der Waals surface area contributed by atoms with Crippen LogP contribution < -0.4 is 5.32 Å². The predicted molar refractivity (Wildman–Crippen MR) is 80.9 cm³/mol. The molecule has 0 saturated carbocycles. The Kier molecular flexibility index (Phi) is 5.77. The van der Waals surface area contributed by atoms with Gasteiger partial charge >= 0.3 is 0 Å². The average molecular weight is 273 g/mol. The zero-order valence-corrected chi connectivity index (χ0v) is 12.0. The maximum atomic E-state index is 8.73. The first kappa shape index (κ1) is 14.8. The van der Waals surface area contributed by atoms with E-state index in [1.54, 1.807) is 0 Å². The van der Waals surface area contributed by atoms with Gasteiger partial charge in [-0.2, -0.15) is 0 Å². The van der Waals surface area contributed by atoms with Gasteiger partial charge in [0.25, 0.3) is 0 Å². The summed E-state index contributed by atoms with van der Waals surface area (Å²) in [6.45, 7) is 4.10. The second kappa shape index (κ2) is 7.82. The molecule has 2 N–H and O–H groups in total. The lowest BCUT2D eigenvalue weighted by Gasteiger charge is -2.11. The van der Waals surface area contributed by atoms with Crippen LogP contribution in [0.1, 0.15) is 30.8 Å². The van der Waals surface area contributed by atoms with Gasteiger partial charge in [-0.3, -0.25) is 4.57 Å². The molecule has 20 heavy (non-hydrogen) atoms. The summed E-state index contributed by atoms with van der Waals surface area (Å²) < 4.78 is 2.18. The summed E-state index contributed by atoms with van der Waals surface area (Å²) in [6.07, 6.45) is 4.99. The lowest BCUT2D eigenvalue weighted by Crippen LogP contribution is -2.17. The molecule has 0 atom stereocenters. The fraction of sp³-hybridized carbons (Fsp3) is 0.438. The van der Waals surface area contributed by atoms with Crippen LogP contribution in [0.15, 0.2) is 36.5 Å². The molecule has 0 spiro atoms. The number of rotatable bonds is 8. The molecule has 2 aromatic rings. The smallest absolute Gasteiger partial charge is 0.110 e. The van der Waals surface area contributed by atoms with Gasteiger partial charge in [0.1, 0.15) is 5.82 Å². The van der Waals surface area contributed by atoms with Crippen LogP contribution in [-0.2, 0) is 6.54 Å². The molecule has 1 aromatic heterocycles. The van der Waals surface area contributed by atoms with E-state index < -0.39 is 0 Å². The highest BCUT2D eigenvalue weighted by molar-refractivity contribution is 5.35. The quantitative estimate of drug-likeness (QED) is 0.726. The number of hydrogen-bond donors (Lipinski definition) is 2. The minimum Gasteiger partial charge on any atom is -0.396 e. The Morgan fingerprint density at radius 1 is 1.15 bits per heavy atom. The van der Waals surface area contributed by atoms with Crippen molar-refractivity contribution in [3.63, 3.8) is 0 Å². The molecule has 4 nitrogen and oxygen atoms in total. The molecule has 0 saturated heterocycles. The minimum absolute atomic E-state index is 0.292. The molecule has 0 aliphatic rings. The van der Waals surface area contributed by atoms with Gasteiger partial charge in [0.15, 0.2) is 0 Å². The number of benzene rings is 1. The standard InChI is InChI=1S/C16H23N3O/c1-14-18-13-16(12-17-10-6-3-7-11-20)19(14)15-8-4-2-5-9-15/h2,4-5,8-9,13,17,20H,3,6-7,10-12H2,1H3. The van der Waals surface area contributed by atoms with Crippen LogP contribution in [0.2, 0.25) is 0 Å². The molecular weight excluding hydrogens is 250 g/mol. The molecule has 2 rings (SSSR count). The number of aryl methyl sites for hydroxylation is 1. The first-order valence-electron chi connectivity index (χ1n) is 7.23. The molecule has 1 aromatic carbocycles. The average Bonchev–Trinajstić information content (AvgIpc) is 2.84. The van der Waals surface area contributed by atoms with Crippen molar-refractivity contribution in [2.75, 3.05) is 13.2 Å². The maximum Gasteiger partial charge on any atom is 0.110 e. The zero-order valence-electron chi connectivity index (χ0n) is 12.0. The number of aromatic nitrogens is 2. The number of nitrogens with one attached hydrogen (secondary N) is 1. The Morgan fingerprint density at radius 2 is 1.95 bits per heavy atom. The Labute approximate surface area is 120 Å². The topological polar surface area (TPSA) is 50.1 Å². The summed E-state index contributed by atoms with van der Waals surface area (Å²) in [5, 5.41) is 12.2. The number of nitrogens with zero attached hydrogens (tertiary/aromatic N) is 2. The van der Waals surface area contributed by atoms with Crippen LogP contribution in [-0.4, -0.2) is 27.8 Å². The highest BCUT2D eigenvalue weighted by Crippen LogP contribution is 2.14. The van der Waals surface area contributed by atoms with Crippen LogP contribution >= 0.6 is 0 Å². The zero-order chi connectivity index (χ0) is 14.2. The van der Waals surface area contributed by atoms with E-state index in [1.165, 1.54) is 5.69 Å². The summed E-state index contributed by atoms with van der Waals surface area (Å²) in [6, 6.07) is 10.3. The van der Waals surface area contributed by atoms with E-state index in [-0.39, 0.29) is 0 Å². The van der Waals surface area contributed by atoms with E-state index in [4.69, 9.17) is 5.11 Å². The Morgan fingerprint density at radius 3 is 2.70 bits per heavy atom. The molecule has 0 unspecified atom stereocenters. The monoisotopic (exact) mass is 273 g/mol. The molecule has 1 heterocycles. The maximum absolute atomic E-state index is 8.73. The Balaban J connectivity index is 1.93. The van der Waals surface area contributed by atoms with Crippen molar-refractivity contribution in [1.29, 1.82) is 0 Å². The summed E-state index contributed by atoms with van der Waals surface area (Å²) in [7, 11) is 0. The fourth-order valence-corrected chi connectivity index (χ4v) is 2.30. The molecule has 0 amide bonds. The van der Waals surface area contributed by atoms with Crippen LogP contribution in [0.5, 0.6) is 0 Å². The van der Waals surface area contributed by atoms with E-state index >= 15 is 0 Å². The van der Waals surface area contributed by atoms with Crippen molar-refractivity contribution < 1.29 is 5.11 Å². The van der Waals surface area contributed by atoms with Crippen molar-refractivity contribution in [3.8, 4) is 5.69 Å². The Bertz CT molecular complexity index is 508. The van der Waals surface area contributed by atoms with Gasteiger partial charge in [-0.15, -0.1) is 0 Å². The molecule has 0 aliphatic carbocycles. The number of hydrogen-bond acceptors (Lipinski definition) is 3. The number of aliphatic hydroxyl groups is 1. The van der Waals surface area contributed by atoms with Crippen LogP contribution in [0.25, 0.3) is 5.69 Å². The molecule has 0 bridgehead atoms. The second-order valence-electron chi connectivity index (χ2n) is 4.93. The third-order valence-corrected chi connectivity index (χ3v) is 3.34. The van der Waals surface area contributed by atoms with Gasteiger partial charge in [0.05, 0.1) is 11.9 Å². The van der Waals surface area contributed by atoms with Crippen LogP contribution in [0.3, 0.4) is 0 Å². The van der Waals surface area contributed by atoms with E-state index in [0.29, 0.717) is 6.61 Å². The molecule has 0 aliphatic heterocycles. The lowest BCUT2D eigenvalue weighted by molar-refractivity contribution is 0.283. The van der Waals surface area contributed by atoms with Gasteiger partial charge < -0.3 is 10.4 Å². The SMILES string of the molecule is Cc1ncc(CNCCCCCO)n1-c1ccccc1. The normalized spacial score (nSPS) is 10.9. The van der Waals surface area contributed by atoms with Crippen molar-refractivity contribution in [3.05, 3.63) is 48.0 Å². The van der Waals surface area contributed by atoms with Crippen molar-refractivity contribution in [2.24, 2.45) is 0 Å². The molecule has 0 radical (unpaired) electrons. The van der Waals surface area contributed by atoms with E-state index in [0.717, 1.165) is 43.9 Å². The van der Waals surface area contributed by atoms with Crippen molar-refractivity contribution in [2.45, 2.75) is 32.7 Å². The van der Waals surface area contributed by atoms with E-state index in [2.05, 4.69) is 27.0 Å². The van der Waals surface area contributed by atoms with Gasteiger partial charge in [-0.25, -0.2) is 4.98 Å². The van der Waals surface area contributed by atoms with Crippen molar-refractivity contribution in [1.82, 2.24) is 14.9 Å². The number of unbranched alkanes of at least 4 members (excludes halogenated alkanes) is 2. The largest absolute Gasteiger partial charge is 0.396 e. The number of aliphatic hydroxyl groups excluding tert-OH is 1. The summed E-state index contributed by atoms with van der Waals surface area (Å²) >= 11 is 0. The highest BCUT2D eigenvalue weighted by atomic mass is 16.2. The van der Waals surface area contributed by atoms with Gasteiger partial charge in [-0.05, 0) is 44.9 Å². The second-order valence-corrected chi connectivity index (χ2v) is 4.93. The van der Waals surface area contributed by atoms with Crippen LogP contribution in [0.4, 0.5) is 0 Å². The lowest BCUT2D eigenvalue weighted by atomic mass is 10.2. The van der Waals surface area contributed by atoms with Gasteiger partial charge in [0, 0.05) is 18.8 Å². The fourth-order valence-electron chi connectivity index (χ4n) is 2.30. The highest BCUT2D eigenvalue weighted by Gasteiger charge is 2.07. The van der Waals surface area contributed by atoms with Crippen LogP contribution in [0, 0.1) is 6.92 Å². The summed E-state index contributed by atoms with van der Waals surface area (Å²) in [4.78, 5) is 4.41. The van der Waals surface area contributed by atoms with Crippen molar-refractivity contribution >= 4 is 0 Å². The number of imidazole rings is 1. The first-order valence-corrected chi connectivity index (χ1v) is 7.23. The van der Waals surface area contributed by atoms with Gasteiger partial charge in [0.2, 0.25) is 0 Å². The Hall–Kier alpha value is -1.65. The minimum atomic E-state index is 0.292. The summed E-state index contributed by atoms with van der Waals surface area (Å²) in [5.74, 6) is 1.01. The van der Waals surface area contributed by atoms with E-state index in [1.807, 2.05) is 31.3 Å². The first-order chi connectivity index (χ1) is 9.83. The number of para-hydroxylation sites is 1. The third-order valence-electron chi connectivity index (χ3n) is 3.34. The van der Waals surface area contributed by atoms with E-state index in [9.17, 15) is 0 Å². The van der Waals surface area contributed by atoms with Gasteiger partial charge in [-0.1, -0.05) is 18.2 Å². The molecule has 4 heteroatoms. The summed E-state index contributed by atoms with van der Waals surface area (Å²) in [5.41, 5.74) is 2.33. The molecular formula is C16H23N3O. The third kappa shape index (κ3) is 3.92. The predicted octanol–water partition coefficient (Wildman–Crippen LogP) is 2.43.